The summed E-state index contributed by atoms with van der Waals surface area (Å²) in [6, 6.07) is 3.08. The lowest BCUT2D eigenvalue weighted by molar-refractivity contribution is 0.00483. The van der Waals surface area contributed by atoms with E-state index in [4.69, 9.17) is 4.74 Å². The minimum Gasteiger partial charge on any atom is -0.485 e. The minimum absolute atomic E-state index is 0.119. The fourth-order valence-corrected chi connectivity index (χ4v) is 1.95. The van der Waals surface area contributed by atoms with E-state index < -0.39 is 23.8 Å². The van der Waals surface area contributed by atoms with Crippen LogP contribution in [0.3, 0.4) is 0 Å². The fraction of sp³-hybridized carbons (Fsp3) is 0.500. The number of rotatable bonds is 2. The fourth-order valence-electron chi connectivity index (χ4n) is 1.95. The molecule has 1 aromatic carbocycles. The summed E-state index contributed by atoms with van der Waals surface area (Å²) in [6.45, 7) is 0. The van der Waals surface area contributed by atoms with Crippen molar-refractivity contribution in [2.45, 2.75) is 37.9 Å². The van der Waals surface area contributed by atoms with Gasteiger partial charge in [0.1, 0.15) is 11.9 Å². The van der Waals surface area contributed by atoms with E-state index in [0.29, 0.717) is 12.8 Å². The number of hydrogen-bond acceptors (Lipinski definition) is 2. The number of halogens is 2. The summed E-state index contributed by atoms with van der Waals surface area (Å²) in [5, 5.41) is 9.65. The maximum Gasteiger partial charge on any atom is 0.165 e. The molecule has 2 nitrogen and oxygen atoms in total. The summed E-state index contributed by atoms with van der Waals surface area (Å²) >= 11 is 0. The third-order valence-corrected chi connectivity index (χ3v) is 2.84. The Morgan fingerprint density at radius 1 is 1.19 bits per heavy atom. The van der Waals surface area contributed by atoms with Crippen LogP contribution in [0, 0.1) is 11.6 Å². The third kappa shape index (κ3) is 2.50. The average Bonchev–Trinajstić information content (AvgIpc) is 2.27. The van der Waals surface area contributed by atoms with Crippen molar-refractivity contribution in [1.29, 1.82) is 0 Å². The van der Waals surface area contributed by atoms with Gasteiger partial charge in [0.2, 0.25) is 0 Å². The van der Waals surface area contributed by atoms with Gasteiger partial charge in [0.25, 0.3) is 0 Å². The molecule has 88 valence electrons. The molecule has 0 amide bonds. The second kappa shape index (κ2) is 4.78. The zero-order valence-electron chi connectivity index (χ0n) is 8.83. The average molecular weight is 228 g/mol. The lowest BCUT2D eigenvalue weighted by Crippen LogP contribution is -2.34. The van der Waals surface area contributed by atoms with E-state index in [-0.39, 0.29) is 5.75 Å². The molecule has 4 heteroatoms. The van der Waals surface area contributed by atoms with Crippen LogP contribution in [-0.4, -0.2) is 17.3 Å². The van der Waals surface area contributed by atoms with Crippen LogP contribution in [0.1, 0.15) is 25.7 Å². The second-order valence-corrected chi connectivity index (χ2v) is 4.08. The van der Waals surface area contributed by atoms with Crippen LogP contribution in [0.2, 0.25) is 0 Å². The number of aliphatic hydroxyl groups excluding tert-OH is 1. The van der Waals surface area contributed by atoms with Crippen LogP contribution in [0.4, 0.5) is 8.78 Å². The van der Waals surface area contributed by atoms with Crippen LogP contribution in [0.15, 0.2) is 18.2 Å². The van der Waals surface area contributed by atoms with Gasteiger partial charge in [0.05, 0.1) is 6.10 Å². The van der Waals surface area contributed by atoms with Gasteiger partial charge in [0, 0.05) is 6.07 Å². The largest absolute Gasteiger partial charge is 0.485 e. The Balaban J connectivity index is 2.10. The van der Waals surface area contributed by atoms with Gasteiger partial charge in [-0.25, -0.2) is 8.78 Å². The molecule has 0 radical (unpaired) electrons. The molecule has 0 aromatic heterocycles. The Hall–Kier alpha value is -1.16. The van der Waals surface area contributed by atoms with Crippen molar-refractivity contribution in [2.24, 2.45) is 0 Å². The number of benzene rings is 1. The Morgan fingerprint density at radius 2 is 1.94 bits per heavy atom. The maximum absolute atomic E-state index is 13.3. The molecule has 0 spiro atoms. The van der Waals surface area contributed by atoms with Crippen molar-refractivity contribution >= 4 is 0 Å². The first-order valence-electron chi connectivity index (χ1n) is 5.46. The lowest BCUT2D eigenvalue weighted by Gasteiger charge is -2.28. The predicted octanol–water partition coefficient (Wildman–Crippen LogP) is 2.65. The van der Waals surface area contributed by atoms with Crippen LogP contribution >= 0.6 is 0 Å². The van der Waals surface area contributed by atoms with Crippen LogP contribution in [0.25, 0.3) is 0 Å². The summed E-state index contributed by atoms with van der Waals surface area (Å²) in [7, 11) is 0. The van der Waals surface area contributed by atoms with E-state index in [1.807, 2.05) is 0 Å². The Kier molecular flexibility index (Phi) is 3.39. The van der Waals surface area contributed by atoms with Crippen molar-refractivity contribution in [3.63, 3.8) is 0 Å². The molecule has 0 heterocycles. The molecule has 2 rings (SSSR count). The molecule has 0 aliphatic heterocycles. The molecule has 0 unspecified atom stereocenters. The minimum atomic E-state index is -0.598. The summed E-state index contributed by atoms with van der Waals surface area (Å²) in [5.74, 6) is -1.26. The van der Waals surface area contributed by atoms with E-state index in [1.165, 1.54) is 0 Å². The van der Waals surface area contributed by atoms with Crippen molar-refractivity contribution < 1.29 is 18.6 Å². The first-order chi connectivity index (χ1) is 7.66. The maximum atomic E-state index is 13.3. The highest BCUT2D eigenvalue weighted by molar-refractivity contribution is 5.25. The molecular weight excluding hydrogens is 214 g/mol. The smallest absolute Gasteiger partial charge is 0.165 e. The molecule has 1 aliphatic rings. The van der Waals surface area contributed by atoms with Gasteiger partial charge >= 0.3 is 0 Å². The van der Waals surface area contributed by atoms with Gasteiger partial charge in [-0.3, -0.25) is 0 Å². The van der Waals surface area contributed by atoms with E-state index >= 15 is 0 Å². The molecular formula is C12H14F2O2. The monoisotopic (exact) mass is 228 g/mol. The molecule has 0 saturated heterocycles. The number of ether oxygens (including phenoxy) is 1. The standard InChI is InChI=1S/C12H14F2O2/c13-8-5-6-9(14)12(7-8)16-11-4-2-1-3-10(11)15/h5-7,10-11,15H,1-4H2/t10-,11-/m0/s1. The topological polar surface area (TPSA) is 29.5 Å². The molecule has 1 saturated carbocycles. The first kappa shape index (κ1) is 11.3. The predicted molar refractivity (Wildman–Crippen MR) is 55.2 cm³/mol. The number of hydrogen-bond donors (Lipinski definition) is 1. The van der Waals surface area contributed by atoms with Gasteiger partial charge in [-0.2, -0.15) is 0 Å². The van der Waals surface area contributed by atoms with Gasteiger partial charge < -0.3 is 9.84 Å². The molecule has 2 atom stereocenters. The summed E-state index contributed by atoms with van der Waals surface area (Å²) in [6.07, 6.45) is 2.21. The zero-order valence-corrected chi connectivity index (χ0v) is 8.83. The van der Waals surface area contributed by atoms with Gasteiger partial charge in [-0.1, -0.05) is 6.42 Å². The van der Waals surface area contributed by atoms with Crippen LogP contribution in [0.5, 0.6) is 5.75 Å². The highest BCUT2D eigenvalue weighted by atomic mass is 19.1. The van der Waals surface area contributed by atoms with E-state index in [0.717, 1.165) is 31.0 Å². The van der Waals surface area contributed by atoms with Crippen molar-refractivity contribution in [2.75, 3.05) is 0 Å². The lowest BCUT2D eigenvalue weighted by atomic mass is 9.95. The molecule has 16 heavy (non-hydrogen) atoms. The van der Waals surface area contributed by atoms with E-state index in [2.05, 4.69) is 0 Å². The first-order valence-corrected chi connectivity index (χ1v) is 5.46. The SMILES string of the molecule is O[C@H]1CCCC[C@@H]1Oc1cc(F)ccc1F. The van der Waals surface area contributed by atoms with Gasteiger partial charge in [0.15, 0.2) is 11.6 Å². The molecule has 1 fully saturated rings. The van der Waals surface area contributed by atoms with Crippen molar-refractivity contribution in [3.8, 4) is 5.75 Å². The zero-order chi connectivity index (χ0) is 11.5. The summed E-state index contributed by atoms with van der Waals surface area (Å²) in [5.41, 5.74) is 0. The third-order valence-electron chi connectivity index (χ3n) is 2.84. The Morgan fingerprint density at radius 3 is 2.69 bits per heavy atom. The normalized spacial score (nSPS) is 25.4. The Bertz CT molecular complexity index is 368. The number of aliphatic hydroxyl groups is 1. The van der Waals surface area contributed by atoms with E-state index in [9.17, 15) is 13.9 Å². The van der Waals surface area contributed by atoms with Crippen molar-refractivity contribution in [3.05, 3.63) is 29.8 Å². The summed E-state index contributed by atoms with van der Waals surface area (Å²) < 4.78 is 31.5. The Labute approximate surface area is 92.9 Å². The molecule has 1 aliphatic carbocycles. The highest BCUT2D eigenvalue weighted by Crippen LogP contribution is 2.26. The highest BCUT2D eigenvalue weighted by Gasteiger charge is 2.25. The van der Waals surface area contributed by atoms with Crippen LogP contribution in [-0.2, 0) is 0 Å². The van der Waals surface area contributed by atoms with E-state index in [1.54, 1.807) is 0 Å². The second-order valence-electron chi connectivity index (χ2n) is 4.08. The summed E-state index contributed by atoms with van der Waals surface area (Å²) in [4.78, 5) is 0. The van der Waals surface area contributed by atoms with Crippen molar-refractivity contribution in [1.82, 2.24) is 0 Å². The molecule has 0 bridgehead atoms. The van der Waals surface area contributed by atoms with Crippen LogP contribution < -0.4 is 4.74 Å². The quantitative estimate of drug-likeness (QED) is 0.843. The van der Waals surface area contributed by atoms with Gasteiger partial charge in [-0.15, -0.1) is 0 Å². The van der Waals surface area contributed by atoms with Gasteiger partial charge in [-0.05, 0) is 31.4 Å². The molecule has 1 N–H and O–H groups in total. The molecule has 1 aromatic rings.